The van der Waals surface area contributed by atoms with Crippen molar-refractivity contribution in [2.24, 2.45) is 0 Å². The molecule has 1 aromatic heterocycles. The Morgan fingerprint density at radius 2 is 1.58 bits per heavy atom. The molecule has 2 rings (SSSR count). The Balaban J connectivity index is 2.30. The van der Waals surface area contributed by atoms with E-state index < -0.39 is 7.12 Å². The molecule has 0 saturated carbocycles. The highest BCUT2D eigenvalue weighted by Gasteiger charge is 2.52. The number of methoxy groups -OCH3 is 2. The lowest BCUT2D eigenvalue weighted by molar-refractivity contribution is 0.00578. The quantitative estimate of drug-likeness (QED) is 0.773. The first-order chi connectivity index (χ1) is 8.80. The van der Waals surface area contributed by atoms with E-state index in [1.165, 1.54) is 0 Å². The van der Waals surface area contributed by atoms with Crippen LogP contribution in [0.2, 0.25) is 0 Å². The van der Waals surface area contributed by atoms with Crippen LogP contribution in [0.15, 0.2) is 12.1 Å². The molecule has 0 bridgehead atoms. The largest absolute Gasteiger partial charge is 0.514 e. The van der Waals surface area contributed by atoms with E-state index in [-0.39, 0.29) is 11.2 Å². The van der Waals surface area contributed by atoms with Crippen LogP contribution >= 0.6 is 0 Å². The van der Waals surface area contributed by atoms with Gasteiger partial charge in [-0.3, -0.25) is 0 Å². The first kappa shape index (κ1) is 14.2. The lowest BCUT2D eigenvalue weighted by Gasteiger charge is -2.32. The molecular weight excluding hydrogens is 245 g/mol. The van der Waals surface area contributed by atoms with E-state index in [9.17, 15) is 0 Å². The lowest BCUT2D eigenvalue weighted by atomic mass is 9.84. The fourth-order valence-electron chi connectivity index (χ4n) is 1.84. The predicted octanol–water partition coefficient (Wildman–Crippen LogP) is 1.40. The molecule has 1 aliphatic rings. The molecule has 0 atom stereocenters. The van der Waals surface area contributed by atoms with Gasteiger partial charge in [-0.1, -0.05) is 0 Å². The summed E-state index contributed by atoms with van der Waals surface area (Å²) in [5.41, 5.74) is -0.0877. The molecule has 2 heterocycles. The number of hydrogen-bond donors (Lipinski definition) is 0. The molecular formula is C13H20BNO4. The SMILES string of the molecule is COc1ccc(B2OC(C)(C)C(C)(C)O2)nc1OC. The van der Waals surface area contributed by atoms with E-state index >= 15 is 0 Å². The minimum atomic E-state index is -0.496. The second-order valence-electron chi connectivity index (χ2n) is 5.54. The van der Waals surface area contributed by atoms with Gasteiger partial charge in [0, 0.05) is 0 Å². The molecule has 0 N–H and O–H groups in total. The summed E-state index contributed by atoms with van der Waals surface area (Å²) >= 11 is 0. The lowest BCUT2D eigenvalue weighted by Crippen LogP contribution is -2.41. The molecule has 0 aliphatic carbocycles. The zero-order valence-electron chi connectivity index (χ0n) is 12.3. The number of nitrogens with zero attached hydrogens (tertiary/aromatic N) is 1. The Morgan fingerprint density at radius 1 is 1.00 bits per heavy atom. The van der Waals surface area contributed by atoms with Crippen molar-refractivity contribution in [1.29, 1.82) is 0 Å². The summed E-state index contributed by atoms with van der Waals surface area (Å²) in [5, 5.41) is 0. The molecule has 1 aromatic rings. The van der Waals surface area contributed by atoms with Crippen molar-refractivity contribution in [1.82, 2.24) is 4.98 Å². The molecule has 0 aromatic carbocycles. The number of ether oxygens (including phenoxy) is 2. The molecule has 5 nitrogen and oxygen atoms in total. The van der Waals surface area contributed by atoms with E-state index in [1.807, 2.05) is 33.8 Å². The molecule has 0 radical (unpaired) electrons. The van der Waals surface area contributed by atoms with E-state index in [0.29, 0.717) is 17.2 Å². The van der Waals surface area contributed by atoms with Crippen molar-refractivity contribution in [3.8, 4) is 11.6 Å². The van der Waals surface area contributed by atoms with Gasteiger partial charge in [-0.15, -0.1) is 0 Å². The second-order valence-corrected chi connectivity index (χ2v) is 5.54. The number of pyridine rings is 1. The maximum Gasteiger partial charge on any atom is 0.514 e. The van der Waals surface area contributed by atoms with Crippen molar-refractivity contribution in [3.05, 3.63) is 12.1 Å². The monoisotopic (exact) mass is 265 g/mol. The minimum absolute atomic E-state index is 0.382. The summed E-state index contributed by atoms with van der Waals surface area (Å²) in [5.74, 6) is 1.01. The molecule has 1 saturated heterocycles. The van der Waals surface area contributed by atoms with Crippen LogP contribution in [0.25, 0.3) is 0 Å². The van der Waals surface area contributed by atoms with Gasteiger partial charge in [0.25, 0.3) is 5.88 Å². The van der Waals surface area contributed by atoms with E-state index in [1.54, 1.807) is 20.3 Å². The maximum absolute atomic E-state index is 5.94. The Kier molecular flexibility index (Phi) is 3.49. The standard InChI is InChI=1S/C13H20BNO4/c1-12(2)13(3,4)19-14(18-12)10-8-7-9(16-5)11(15-10)17-6/h7-8H,1-6H3. The highest BCUT2D eigenvalue weighted by molar-refractivity contribution is 6.61. The topological polar surface area (TPSA) is 49.8 Å². The van der Waals surface area contributed by atoms with E-state index in [2.05, 4.69) is 4.98 Å². The minimum Gasteiger partial charge on any atom is -0.491 e. The average Bonchev–Trinajstić information content (AvgIpc) is 2.57. The van der Waals surface area contributed by atoms with Gasteiger partial charge in [0.1, 0.15) is 0 Å². The Labute approximate surface area is 114 Å². The summed E-state index contributed by atoms with van der Waals surface area (Å²) in [6.45, 7) is 8.03. The van der Waals surface area contributed by atoms with Crippen molar-refractivity contribution < 1.29 is 18.8 Å². The Bertz CT molecular complexity index is 460. The molecule has 0 spiro atoms. The fourth-order valence-corrected chi connectivity index (χ4v) is 1.84. The van der Waals surface area contributed by atoms with Gasteiger partial charge in [0.05, 0.1) is 31.0 Å². The molecule has 0 unspecified atom stereocenters. The zero-order valence-corrected chi connectivity index (χ0v) is 12.3. The van der Waals surface area contributed by atoms with Crippen molar-refractivity contribution in [3.63, 3.8) is 0 Å². The third-order valence-electron chi connectivity index (χ3n) is 3.75. The molecule has 0 amide bonds. The Hall–Kier alpha value is -1.27. The molecule has 1 fully saturated rings. The van der Waals surface area contributed by atoms with Crippen LogP contribution in [-0.2, 0) is 9.31 Å². The van der Waals surface area contributed by atoms with Crippen LogP contribution in [0.4, 0.5) is 0 Å². The van der Waals surface area contributed by atoms with Gasteiger partial charge in [-0.05, 0) is 39.8 Å². The zero-order chi connectivity index (χ0) is 14.3. The predicted molar refractivity (Wildman–Crippen MR) is 73.1 cm³/mol. The van der Waals surface area contributed by atoms with Crippen LogP contribution < -0.4 is 15.1 Å². The van der Waals surface area contributed by atoms with Gasteiger partial charge in [-0.2, -0.15) is 0 Å². The van der Waals surface area contributed by atoms with Gasteiger partial charge < -0.3 is 18.8 Å². The molecule has 104 valence electrons. The fraction of sp³-hybridized carbons (Fsp3) is 0.615. The van der Waals surface area contributed by atoms with Gasteiger partial charge in [0.2, 0.25) is 0 Å². The number of hydrogen-bond acceptors (Lipinski definition) is 5. The highest BCUT2D eigenvalue weighted by Crippen LogP contribution is 2.36. The second kappa shape index (κ2) is 4.69. The summed E-state index contributed by atoms with van der Waals surface area (Å²) in [7, 11) is 2.64. The maximum atomic E-state index is 5.94. The highest BCUT2D eigenvalue weighted by atomic mass is 16.7. The smallest absolute Gasteiger partial charge is 0.491 e. The molecule has 19 heavy (non-hydrogen) atoms. The number of rotatable bonds is 3. The van der Waals surface area contributed by atoms with E-state index in [4.69, 9.17) is 18.8 Å². The van der Waals surface area contributed by atoms with Crippen molar-refractivity contribution >= 4 is 12.7 Å². The Morgan fingerprint density at radius 3 is 2.05 bits per heavy atom. The number of aromatic nitrogens is 1. The van der Waals surface area contributed by atoms with Crippen molar-refractivity contribution in [2.75, 3.05) is 14.2 Å². The van der Waals surface area contributed by atoms with Crippen LogP contribution in [0.1, 0.15) is 27.7 Å². The summed E-state index contributed by atoms with van der Waals surface area (Å²) < 4.78 is 22.2. The van der Waals surface area contributed by atoms with Gasteiger partial charge in [0.15, 0.2) is 5.75 Å². The van der Waals surface area contributed by atoms with Crippen LogP contribution in [0, 0.1) is 0 Å². The first-order valence-corrected chi connectivity index (χ1v) is 6.25. The summed E-state index contributed by atoms with van der Waals surface area (Å²) in [6, 6.07) is 3.62. The van der Waals surface area contributed by atoms with E-state index in [0.717, 1.165) is 0 Å². The summed E-state index contributed by atoms with van der Waals surface area (Å²) in [6.07, 6.45) is 0. The third kappa shape index (κ3) is 2.42. The summed E-state index contributed by atoms with van der Waals surface area (Å²) in [4.78, 5) is 4.38. The average molecular weight is 265 g/mol. The third-order valence-corrected chi connectivity index (χ3v) is 3.75. The molecule has 6 heteroatoms. The van der Waals surface area contributed by atoms with Gasteiger partial charge >= 0.3 is 7.12 Å². The molecule has 1 aliphatic heterocycles. The normalized spacial score (nSPS) is 20.4. The van der Waals surface area contributed by atoms with Crippen LogP contribution in [0.3, 0.4) is 0 Å². The van der Waals surface area contributed by atoms with Crippen LogP contribution in [-0.4, -0.2) is 37.5 Å². The van der Waals surface area contributed by atoms with Gasteiger partial charge in [-0.25, -0.2) is 4.98 Å². The van der Waals surface area contributed by atoms with Crippen molar-refractivity contribution in [2.45, 2.75) is 38.9 Å². The van der Waals surface area contributed by atoms with Crippen LogP contribution in [0.5, 0.6) is 11.6 Å². The first-order valence-electron chi connectivity index (χ1n) is 6.25.